The fraction of sp³-hybridized carbons (Fsp3) is 0.167. The summed E-state index contributed by atoms with van der Waals surface area (Å²) < 4.78 is 4.72. The second kappa shape index (κ2) is 3.04. The van der Waals surface area contributed by atoms with Gasteiger partial charge >= 0.3 is 0 Å². The highest BCUT2D eigenvalue weighted by molar-refractivity contribution is 5.16. The molecule has 0 saturated carbocycles. The zero-order valence-electron chi connectivity index (χ0n) is 4.82. The number of aliphatic hydroxyl groups is 1. The number of rotatable bonds is 2. The van der Waals surface area contributed by atoms with Crippen LogP contribution in [0.5, 0.6) is 5.75 Å². The summed E-state index contributed by atoms with van der Waals surface area (Å²) in [6.07, 6.45) is 3.20. The average molecular weight is 125 g/mol. The molecule has 0 aliphatic rings. The second-order valence-electron chi connectivity index (χ2n) is 1.46. The number of nitrogens with zero attached hydrogens (tertiary/aromatic N) is 1. The number of aliphatic hydroxyl groups excluding tert-OH is 1. The summed E-state index contributed by atoms with van der Waals surface area (Å²) >= 11 is 0. The van der Waals surface area contributed by atoms with E-state index < -0.39 is 0 Å². The maximum absolute atomic E-state index is 8.28. The molecule has 0 spiro atoms. The van der Waals surface area contributed by atoms with Gasteiger partial charge in [0.15, 0.2) is 6.79 Å². The van der Waals surface area contributed by atoms with Gasteiger partial charge in [0.1, 0.15) is 5.75 Å². The predicted octanol–water partition coefficient (Wildman–Crippen LogP) is 0.410. The topological polar surface area (TPSA) is 42.4 Å². The van der Waals surface area contributed by atoms with Gasteiger partial charge in [-0.1, -0.05) is 0 Å². The van der Waals surface area contributed by atoms with Crippen LogP contribution >= 0.6 is 0 Å². The molecule has 0 radical (unpaired) electrons. The van der Waals surface area contributed by atoms with Crippen LogP contribution in [0.2, 0.25) is 0 Å². The monoisotopic (exact) mass is 125 g/mol. The second-order valence-corrected chi connectivity index (χ2v) is 1.46. The van der Waals surface area contributed by atoms with Crippen molar-refractivity contribution in [3.63, 3.8) is 0 Å². The fourth-order valence-corrected chi connectivity index (χ4v) is 0.509. The smallest absolute Gasteiger partial charge is 0.186 e. The number of hydrogen-bond donors (Lipinski definition) is 1. The Hall–Kier alpha value is -1.09. The van der Waals surface area contributed by atoms with Crippen molar-refractivity contribution in [1.29, 1.82) is 0 Å². The van der Waals surface area contributed by atoms with Gasteiger partial charge in [0, 0.05) is 12.4 Å². The highest BCUT2D eigenvalue weighted by atomic mass is 16.6. The van der Waals surface area contributed by atoms with Crippen LogP contribution in [0.1, 0.15) is 0 Å². The van der Waals surface area contributed by atoms with E-state index >= 15 is 0 Å². The first-order valence-electron chi connectivity index (χ1n) is 2.57. The summed E-state index contributed by atoms with van der Waals surface area (Å²) in [4.78, 5) is 3.77. The van der Waals surface area contributed by atoms with E-state index in [2.05, 4.69) is 4.98 Å². The summed E-state index contributed by atoms with van der Waals surface area (Å²) in [6.45, 7) is -0.288. The fourth-order valence-electron chi connectivity index (χ4n) is 0.509. The molecule has 1 rings (SSSR count). The lowest BCUT2D eigenvalue weighted by Crippen LogP contribution is -1.93. The van der Waals surface area contributed by atoms with Crippen molar-refractivity contribution < 1.29 is 9.84 Å². The van der Waals surface area contributed by atoms with E-state index in [-0.39, 0.29) is 6.79 Å². The van der Waals surface area contributed by atoms with Crippen molar-refractivity contribution >= 4 is 0 Å². The van der Waals surface area contributed by atoms with Crippen LogP contribution in [0.15, 0.2) is 24.5 Å². The van der Waals surface area contributed by atoms with Crippen LogP contribution in [-0.2, 0) is 0 Å². The molecule has 1 N–H and O–H groups in total. The Balaban J connectivity index is 2.61. The van der Waals surface area contributed by atoms with Crippen molar-refractivity contribution in [3.8, 4) is 5.75 Å². The zero-order chi connectivity index (χ0) is 6.53. The van der Waals surface area contributed by atoms with Gasteiger partial charge in [-0.3, -0.25) is 4.98 Å². The third-order valence-corrected chi connectivity index (χ3v) is 0.881. The standard InChI is InChI=1S/C6H7NO2/c8-5-9-6-1-3-7-4-2-6/h1-4,8H,5H2. The molecule has 0 fully saturated rings. The van der Waals surface area contributed by atoms with Crippen LogP contribution in [0, 0.1) is 0 Å². The van der Waals surface area contributed by atoms with Gasteiger partial charge in [-0.05, 0) is 12.1 Å². The van der Waals surface area contributed by atoms with Crippen molar-refractivity contribution in [2.75, 3.05) is 6.79 Å². The predicted molar refractivity (Wildman–Crippen MR) is 32.0 cm³/mol. The Kier molecular flexibility index (Phi) is 2.04. The molecule has 0 saturated heterocycles. The molecular formula is C6H7NO2. The Morgan fingerprint density at radius 1 is 1.44 bits per heavy atom. The molecular weight excluding hydrogens is 118 g/mol. The Morgan fingerprint density at radius 3 is 2.67 bits per heavy atom. The van der Waals surface area contributed by atoms with E-state index in [0.717, 1.165) is 0 Å². The maximum Gasteiger partial charge on any atom is 0.186 e. The van der Waals surface area contributed by atoms with E-state index in [1.165, 1.54) is 0 Å². The molecule has 1 heterocycles. The SMILES string of the molecule is OCOc1ccncc1. The molecule has 0 aliphatic carbocycles. The van der Waals surface area contributed by atoms with Crippen LogP contribution in [0.4, 0.5) is 0 Å². The van der Waals surface area contributed by atoms with E-state index in [9.17, 15) is 0 Å². The van der Waals surface area contributed by atoms with Gasteiger partial charge in [0.2, 0.25) is 0 Å². The summed E-state index contributed by atoms with van der Waals surface area (Å²) in [6, 6.07) is 3.35. The lowest BCUT2D eigenvalue weighted by molar-refractivity contribution is 0.0985. The van der Waals surface area contributed by atoms with Gasteiger partial charge < -0.3 is 9.84 Å². The molecule has 1 aromatic rings. The van der Waals surface area contributed by atoms with E-state index in [4.69, 9.17) is 9.84 Å². The van der Waals surface area contributed by atoms with Crippen LogP contribution in [-0.4, -0.2) is 16.9 Å². The van der Waals surface area contributed by atoms with Gasteiger partial charge in [-0.15, -0.1) is 0 Å². The summed E-state index contributed by atoms with van der Waals surface area (Å²) in [5.74, 6) is 0.632. The molecule has 1 aromatic heterocycles. The largest absolute Gasteiger partial charge is 0.468 e. The average Bonchev–Trinajstić information content (AvgIpc) is 1.91. The summed E-state index contributed by atoms with van der Waals surface area (Å²) in [7, 11) is 0. The van der Waals surface area contributed by atoms with E-state index in [1.807, 2.05) is 0 Å². The van der Waals surface area contributed by atoms with Gasteiger partial charge in [-0.2, -0.15) is 0 Å². The Labute approximate surface area is 52.9 Å². The lowest BCUT2D eigenvalue weighted by atomic mass is 10.5. The molecule has 9 heavy (non-hydrogen) atoms. The molecule has 0 unspecified atom stereocenters. The third-order valence-electron chi connectivity index (χ3n) is 0.881. The molecule has 0 bridgehead atoms. The molecule has 0 aliphatic heterocycles. The molecule has 3 heteroatoms. The maximum atomic E-state index is 8.28. The molecule has 0 amide bonds. The van der Waals surface area contributed by atoms with Crippen molar-refractivity contribution in [2.24, 2.45) is 0 Å². The van der Waals surface area contributed by atoms with Crippen molar-refractivity contribution in [3.05, 3.63) is 24.5 Å². The van der Waals surface area contributed by atoms with Crippen molar-refractivity contribution in [1.82, 2.24) is 4.98 Å². The minimum Gasteiger partial charge on any atom is -0.468 e. The minimum absolute atomic E-state index is 0.288. The van der Waals surface area contributed by atoms with E-state index in [1.54, 1.807) is 24.5 Å². The quantitative estimate of drug-likeness (QED) is 0.582. The van der Waals surface area contributed by atoms with E-state index in [0.29, 0.717) is 5.75 Å². The first-order chi connectivity index (χ1) is 4.43. The van der Waals surface area contributed by atoms with Gasteiger partial charge in [-0.25, -0.2) is 0 Å². The number of hydrogen-bond acceptors (Lipinski definition) is 3. The van der Waals surface area contributed by atoms with Gasteiger partial charge in [0.25, 0.3) is 0 Å². The van der Waals surface area contributed by atoms with Crippen LogP contribution in [0.3, 0.4) is 0 Å². The number of pyridine rings is 1. The summed E-state index contributed by atoms with van der Waals surface area (Å²) in [5.41, 5.74) is 0. The molecule has 48 valence electrons. The minimum atomic E-state index is -0.288. The third kappa shape index (κ3) is 1.70. The number of ether oxygens (including phenoxy) is 1. The number of aromatic nitrogens is 1. The highest BCUT2D eigenvalue weighted by Gasteiger charge is 1.85. The van der Waals surface area contributed by atoms with Crippen LogP contribution in [0.25, 0.3) is 0 Å². The molecule has 0 atom stereocenters. The highest BCUT2D eigenvalue weighted by Crippen LogP contribution is 2.04. The Morgan fingerprint density at radius 2 is 2.11 bits per heavy atom. The lowest BCUT2D eigenvalue weighted by Gasteiger charge is -1.97. The van der Waals surface area contributed by atoms with Crippen molar-refractivity contribution in [2.45, 2.75) is 0 Å². The van der Waals surface area contributed by atoms with Gasteiger partial charge in [0.05, 0.1) is 0 Å². The zero-order valence-corrected chi connectivity index (χ0v) is 4.82. The first kappa shape index (κ1) is 6.04. The molecule has 3 nitrogen and oxygen atoms in total. The normalized spacial score (nSPS) is 9.00. The molecule has 0 aromatic carbocycles. The van der Waals surface area contributed by atoms with Crippen LogP contribution < -0.4 is 4.74 Å². The summed E-state index contributed by atoms with van der Waals surface area (Å²) in [5, 5.41) is 8.28. The first-order valence-corrected chi connectivity index (χ1v) is 2.57. The Bertz CT molecular complexity index is 164.